The second-order valence-electron chi connectivity index (χ2n) is 23.8. The summed E-state index contributed by atoms with van der Waals surface area (Å²) in [4.78, 5) is 55.1. The fraction of sp³-hybridized carbons (Fsp3) is 0.320. The number of sulfone groups is 1. The Kier molecular flexibility index (Phi) is 28.9. The molecule has 0 unspecified atom stereocenters. The number of halogens is 6. The number of nitrogens with one attached hydrogen (secondary N) is 3. The van der Waals surface area contributed by atoms with E-state index in [1.165, 1.54) is 40.4 Å². The number of benzene rings is 3. The summed E-state index contributed by atoms with van der Waals surface area (Å²) in [5, 5.41) is 22.3. The smallest absolute Gasteiger partial charge is 0.286 e. The lowest BCUT2D eigenvalue weighted by molar-refractivity contribution is 0.0124. The molecule has 3 aliphatic rings. The second-order valence-corrected chi connectivity index (χ2v) is 31.9. The van der Waals surface area contributed by atoms with Crippen LogP contribution in [0.4, 0.5) is 0 Å². The molecule has 0 radical (unpaired) electrons. The summed E-state index contributed by atoms with van der Waals surface area (Å²) in [7, 11) is -3.08. The number of hydrogen-bond donors (Lipinski definition) is 3. The van der Waals surface area contributed by atoms with E-state index in [1.807, 2.05) is 66.3 Å². The minimum Gasteiger partial charge on any atom is -0.379 e. The maximum absolute atomic E-state index is 13.3. The minimum atomic E-state index is -3.08. The van der Waals surface area contributed by atoms with Crippen LogP contribution in [0.1, 0.15) is 115 Å². The monoisotopic (exact) mass is 1610 g/mol. The number of morpholine rings is 1. The summed E-state index contributed by atoms with van der Waals surface area (Å²) in [5.41, 5.74) is 16.2. The number of carbonyl (C=O) groups excluding carboxylic acids is 3. The summed E-state index contributed by atoms with van der Waals surface area (Å²) < 4.78 is 33.9. The van der Waals surface area contributed by atoms with E-state index in [0.29, 0.717) is 148 Å². The number of aromatic nitrogens is 6. The van der Waals surface area contributed by atoms with E-state index in [0.717, 1.165) is 77.7 Å². The summed E-state index contributed by atoms with van der Waals surface area (Å²) in [6, 6.07) is 27.1. The summed E-state index contributed by atoms with van der Waals surface area (Å²) >= 11 is 42.5. The van der Waals surface area contributed by atoms with Crippen LogP contribution in [-0.4, -0.2) is 154 Å². The van der Waals surface area contributed by atoms with Crippen LogP contribution in [0, 0.1) is 62.2 Å². The number of carbonyl (C=O) groups is 3. The highest BCUT2D eigenvalue weighted by atomic mass is 35.5. The first-order valence-electron chi connectivity index (χ1n) is 33.6. The molecule has 31 heteroatoms. The van der Waals surface area contributed by atoms with Crippen molar-refractivity contribution in [2.75, 3.05) is 83.6 Å². The van der Waals surface area contributed by atoms with E-state index in [9.17, 15) is 22.8 Å². The van der Waals surface area contributed by atoms with Crippen LogP contribution in [0.3, 0.4) is 0 Å². The molecule has 6 aromatic heterocycles. The normalized spacial score (nSPS) is 14.1. The van der Waals surface area contributed by atoms with Crippen LogP contribution >= 0.6 is 104 Å². The van der Waals surface area contributed by atoms with Gasteiger partial charge >= 0.3 is 0 Å². The molecule has 3 fully saturated rings. The van der Waals surface area contributed by atoms with Gasteiger partial charge in [0.25, 0.3) is 17.7 Å². The predicted octanol–water partition coefficient (Wildman–Crippen LogP) is 15.6. The fourth-order valence-electron chi connectivity index (χ4n) is 11.4. The van der Waals surface area contributed by atoms with Gasteiger partial charge in [0.15, 0.2) is 26.9 Å². The average molecular weight is 1620 g/mol. The molecule has 21 nitrogen and oxygen atoms in total. The van der Waals surface area contributed by atoms with E-state index in [1.54, 1.807) is 74.5 Å². The third-order valence-corrected chi connectivity index (χ3v) is 22.8. The van der Waals surface area contributed by atoms with Crippen molar-refractivity contribution in [2.45, 2.75) is 72.1 Å². The van der Waals surface area contributed by atoms with E-state index >= 15 is 0 Å². The van der Waals surface area contributed by atoms with Gasteiger partial charge in [0.05, 0.1) is 122 Å². The number of nitrogens with zero attached hydrogens (tertiary/aromatic N) is 12. The van der Waals surface area contributed by atoms with Crippen molar-refractivity contribution >= 4 is 131 Å². The Morgan fingerprint density at radius 3 is 1.22 bits per heavy atom. The molecular weight excluding hydrogens is 1550 g/mol. The minimum absolute atomic E-state index is 0.0127. The topological polar surface area (TPSA) is 207 Å². The molecule has 0 atom stereocenters. The van der Waals surface area contributed by atoms with Gasteiger partial charge in [-0.05, 0) is 124 Å². The molecule has 3 aliphatic heterocycles. The van der Waals surface area contributed by atoms with Gasteiger partial charge in [0.2, 0.25) is 19.6 Å². The largest absolute Gasteiger partial charge is 0.379 e. The molecule has 106 heavy (non-hydrogen) atoms. The number of hydrogen-bond acceptors (Lipinski definition) is 15. The maximum atomic E-state index is 13.3. The number of amides is 3. The molecule has 9 heterocycles. The Hall–Kier alpha value is -8.52. The van der Waals surface area contributed by atoms with Gasteiger partial charge in [0, 0.05) is 71.0 Å². The number of thiophene rings is 3. The fourth-order valence-corrected chi connectivity index (χ4v) is 16.9. The van der Waals surface area contributed by atoms with Crippen molar-refractivity contribution in [1.82, 2.24) is 60.6 Å². The molecule has 0 spiro atoms. The SMILES string of the molecule is [C-]#[N+]CCC#Cc1ccc(-c2c(C)c(C(=O)NN3CCS(=O)(=O)CC3)nn2-c2ccc(Cl)cc2Cl)s1.[C-]#[N+]CCC#Cc1ccc(-c2c(CC)c(C(=O)NN3CCCCC3)nn2-c2ccc(Cl)cc2Cl)s1.[C-]#[N+]CCC#Cc1ccc(-c2c(CC)c(C(=O)NN3CCOCC3)nn2-c2ccc(Cl)cc2Cl)s1. The number of ether oxygens (including phenoxy) is 1. The average Bonchev–Trinajstić information content (AvgIpc) is 1.62. The first-order chi connectivity index (χ1) is 51.2. The van der Waals surface area contributed by atoms with Gasteiger partial charge in [-0.1, -0.05) is 125 Å². The van der Waals surface area contributed by atoms with Gasteiger partial charge in [0.1, 0.15) is 0 Å². The molecule has 0 aliphatic carbocycles. The van der Waals surface area contributed by atoms with Gasteiger partial charge < -0.3 is 19.3 Å². The molecule has 546 valence electrons. The van der Waals surface area contributed by atoms with Crippen LogP contribution in [0.25, 0.3) is 63.3 Å². The van der Waals surface area contributed by atoms with Gasteiger partial charge in [-0.2, -0.15) is 15.3 Å². The Bertz CT molecular complexity index is 4970. The van der Waals surface area contributed by atoms with Crippen molar-refractivity contribution in [3.8, 4) is 84.3 Å². The van der Waals surface area contributed by atoms with Crippen LogP contribution in [0.2, 0.25) is 30.1 Å². The number of hydrazine groups is 3. The highest BCUT2D eigenvalue weighted by Gasteiger charge is 2.32. The van der Waals surface area contributed by atoms with Gasteiger partial charge in [-0.3, -0.25) is 30.7 Å². The summed E-state index contributed by atoms with van der Waals surface area (Å²) in [6.07, 6.45) is 6.09. The van der Waals surface area contributed by atoms with Gasteiger partial charge in [-0.25, -0.2) is 57.2 Å². The molecule has 0 bridgehead atoms. The quantitative estimate of drug-likeness (QED) is 0.0442. The first kappa shape index (κ1) is 80.0. The van der Waals surface area contributed by atoms with E-state index in [-0.39, 0.29) is 42.1 Å². The zero-order valence-electron chi connectivity index (χ0n) is 57.7. The molecule has 3 amide bonds. The molecule has 3 saturated heterocycles. The Morgan fingerprint density at radius 1 is 0.491 bits per heavy atom. The number of rotatable bonds is 17. The lowest BCUT2D eigenvalue weighted by Crippen LogP contribution is -2.50. The summed E-state index contributed by atoms with van der Waals surface area (Å²) in [6.45, 7) is 32.1. The van der Waals surface area contributed by atoms with Crippen LogP contribution in [0.5, 0.6) is 0 Å². The van der Waals surface area contributed by atoms with Crippen LogP contribution in [0.15, 0.2) is 91.0 Å². The molecular formula is C75H69Cl6N15O6S4. The Morgan fingerprint density at radius 2 is 0.840 bits per heavy atom. The predicted molar refractivity (Wildman–Crippen MR) is 424 cm³/mol. The zero-order valence-corrected chi connectivity index (χ0v) is 65.5. The standard InChI is InChI=1S/C26H25Cl2N5OS.C25H23Cl2N5O2S.C24H21Cl2N5O3S2/c1-3-20-24(26(34)31-32-15-7-4-8-16-32)30-33(22-12-10-18(27)17-21(22)28)25(20)23-13-11-19(35-23)9-5-6-14-29-2;1-3-19-23(25(33)30-31-12-14-34-15-13-31)29-32(21-9-7-17(26)16-20(21)27)24(19)22-10-8-18(35-22)6-4-5-11-28-2;1-16-22(24(32)29-30-11-13-36(33,34)14-12-30)28-31(20-8-6-17(25)15-19(20)26)23(16)21-9-7-18(35-21)5-3-4-10-27-2/h10-13,17H,3-4,6-8,14-16H2,1H3,(H,31,34);7-10,16H,3,5,11-15H2,1H3,(H,30,33);6-9,15H,4,10-14H2,1H3,(H,29,32). The van der Waals surface area contributed by atoms with E-state index in [2.05, 4.69) is 71.4 Å². The lowest BCUT2D eigenvalue weighted by atomic mass is 10.1. The lowest BCUT2D eigenvalue weighted by Gasteiger charge is -2.26. The summed E-state index contributed by atoms with van der Waals surface area (Å²) in [5.74, 6) is 17.5. The maximum Gasteiger partial charge on any atom is 0.286 e. The zero-order chi connectivity index (χ0) is 75.4. The Balaban J connectivity index is 0.000000170. The third kappa shape index (κ3) is 20.6. The van der Waals surface area contributed by atoms with Crippen molar-refractivity contribution in [2.24, 2.45) is 0 Å². The van der Waals surface area contributed by atoms with Crippen LogP contribution in [-0.2, 0) is 27.4 Å². The molecule has 3 N–H and O–H groups in total. The first-order valence-corrected chi connectivity index (χ1v) is 40.2. The van der Waals surface area contributed by atoms with E-state index in [4.69, 9.17) is 104 Å². The highest BCUT2D eigenvalue weighted by molar-refractivity contribution is 7.91. The number of piperidine rings is 1. The van der Waals surface area contributed by atoms with Crippen molar-refractivity contribution < 1.29 is 27.5 Å². The molecule has 3 aromatic carbocycles. The van der Waals surface area contributed by atoms with Crippen molar-refractivity contribution in [1.29, 1.82) is 0 Å². The van der Waals surface area contributed by atoms with Crippen molar-refractivity contribution in [3.05, 3.63) is 204 Å². The highest BCUT2D eigenvalue weighted by Crippen LogP contribution is 2.40. The molecule has 9 aromatic rings. The van der Waals surface area contributed by atoms with Gasteiger partial charge in [-0.15, -0.1) is 34.0 Å². The second kappa shape index (κ2) is 38.3. The van der Waals surface area contributed by atoms with Crippen LogP contribution < -0.4 is 16.3 Å². The molecule has 0 saturated carbocycles. The Labute approximate surface area is 657 Å². The third-order valence-electron chi connectivity index (χ3n) is 16.5. The van der Waals surface area contributed by atoms with E-state index < -0.39 is 15.7 Å². The molecule has 12 rings (SSSR count). The van der Waals surface area contributed by atoms with Crippen molar-refractivity contribution in [3.63, 3.8) is 0 Å².